The Balaban J connectivity index is 3.09. The molecule has 0 aromatic heterocycles. The number of rotatable bonds is 6. The third kappa shape index (κ3) is 4.58. The van der Waals surface area contributed by atoms with Crippen LogP contribution in [0.1, 0.15) is 25.0 Å². The summed E-state index contributed by atoms with van der Waals surface area (Å²) in [6.45, 7) is 3.23. The van der Waals surface area contributed by atoms with Gasteiger partial charge in [0.25, 0.3) is 0 Å². The van der Waals surface area contributed by atoms with E-state index in [2.05, 4.69) is 0 Å². The topological polar surface area (TPSA) is 35.5 Å². The Kier molecular flexibility index (Phi) is 5.74. The molecule has 8 heteroatoms. The van der Waals surface area contributed by atoms with Crippen LogP contribution in [0.5, 0.6) is 0 Å². The summed E-state index contributed by atoms with van der Waals surface area (Å²) in [5.74, 6) is -0.877. The van der Waals surface area contributed by atoms with Crippen molar-refractivity contribution in [2.45, 2.75) is 26.2 Å². The zero-order valence-corrected chi connectivity index (χ0v) is 11.9. The molecular formula is C12H15F4O3P. The smallest absolute Gasteiger partial charge is 0.309 e. The van der Waals surface area contributed by atoms with Crippen molar-refractivity contribution in [2.24, 2.45) is 0 Å². The molecule has 1 aromatic carbocycles. The van der Waals surface area contributed by atoms with Gasteiger partial charge in [-0.15, -0.1) is 0 Å². The minimum atomic E-state index is -4.59. The van der Waals surface area contributed by atoms with Crippen molar-refractivity contribution < 1.29 is 31.2 Å². The Hall–Kier alpha value is -0.910. The summed E-state index contributed by atoms with van der Waals surface area (Å²) >= 11 is 0. The molecule has 0 radical (unpaired) electrons. The van der Waals surface area contributed by atoms with Gasteiger partial charge < -0.3 is 9.05 Å². The lowest BCUT2D eigenvalue weighted by atomic mass is 10.1. The summed E-state index contributed by atoms with van der Waals surface area (Å²) in [5, 5.41) is 0. The van der Waals surface area contributed by atoms with Crippen molar-refractivity contribution in [1.29, 1.82) is 0 Å². The van der Waals surface area contributed by atoms with Crippen LogP contribution < -0.4 is 0 Å². The van der Waals surface area contributed by atoms with E-state index in [-0.39, 0.29) is 18.8 Å². The largest absolute Gasteiger partial charge is 0.416 e. The fourth-order valence-corrected chi connectivity index (χ4v) is 3.31. The second kappa shape index (κ2) is 6.70. The lowest BCUT2D eigenvalue weighted by molar-refractivity contribution is -0.137. The molecule has 0 heterocycles. The second-order valence-electron chi connectivity index (χ2n) is 3.91. The summed E-state index contributed by atoms with van der Waals surface area (Å²) in [6, 6.07) is 1.95. The summed E-state index contributed by atoms with van der Waals surface area (Å²) < 4.78 is 73.4. The molecule has 114 valence electrons. The minimum absolute atomic E-state index is 0.0534. The van der Waals surface area contributed by atoms with E-state index in [1.165, 1.54) is 0 Å². The molecule has 0 aliphatic rings. The van der Waals surface area contributed by atoms with Crippen molar-refractivity contribution in [3.05, 3.63) is 35.1 Å². The van der Waals surface area contributed by atoms with E-state index in [4.69, 9.17) is 9.05 Å². The number of alkyl halides is 3. The van der Waals surface area contributed by atoms with Gasteiger partial charge in [-0.1, -0.05) is 0 Å². The predicted molar refractivity (Wildman–Crippen MR) is 66.0 cm³/mol. The highest BCUT2D eigenvalue weighted by Crippen LogP contribution is 2.51. The van der Waals surface area contributed by atoms with Crippen LogP contribution in [0, 0.1) is 5.82 Å². The molecule has 0 amide bonds. The van der Waals surface area contributed by atoms with E-state index in [9.17, 15) is 22.1 Å². The number of hydrogen-bond acceptors (Lipinski definition) is 3. The minimum Gasteiger partial charge on any atom is -0.309 e. The fraction of sp³-hybridized carbons (Fsp3) is 0.500. The van der Waals surface area contributed by atoms with Crippen LogP contribution in [-0.2, 0) is 26.0 Å². The molecule has 0 saturated heterocycles. The molecule has 0 unspecified atom stereocenters. The maximum Gasteiger partial charge on any atom is 0.416 e. The molecule has 0 fully saturated rings. The van der Waals surface area contributed by atoms with Crippen LogP contribution >= 0.6 is 7.60 Å². The average molecular weight is 314 g/mol. The van der Waals surface area contributed by atoms with Gasteiger partial charge in [0.15, 0.2) is 0 Å². The molecule has 1 rings (SSSR count). The molecule has 0 aliphatic heterocycles. The van der Waals surface area contributed by atoms with Crippen LogP contribution in [0.25, 0.3) is 0 Å². The SMILES string of the molecule is CCOP(=O)(Cc1cc(C(F)(F)F)ccc1F)OCC. The van der Waals surface area contributed by atoms with E-state index in [1.54, 1.807) is 13.8 Å². The Morgan fingerprint density at radius 2 is 1.70 bits per heavy atom. The summed E-state index contributed by atoms with van der Waals surface area (Å²) in [6.07, 6.45) is -5.13. The van der Waals surface area contributed by atoms with Gasteiger partial charge in [0.1, 0.15) is 5.82 Å². The normalized spacial score (nSPS) is 12.7. The van der Waals surface area contributed by atoms with E-state index < -0.39 is 31.3 Å². The molecule has 0 saturated carbocycles. The Morgan fingerprint density at radius 3 is 2.15 bits per heavy atom. The van der Waals surface area contributed by atoms with Gasteiger partial charge in [0.2, 0.25) is 0 Å². The fourth-order valence-electron chi connectivity index (χ4n) is 1.60. The van der Waals surface area contributed by atoms with E-state index in [0.29, 0.717) is 18.2 Å². The van der Waals surface area contributed by atoms with Crippen molar-refractivity contribution >= 4 is 7.60 Å². The standard InChI is InChI=1S/C12H15F4O3P/c1-3-18-20(17,19-4-2)8-9-7-10(12(14,15)16)5-6-11(9)13/h5-7H,3-4,8H2,1-2H3. The monoisotopic (exact) mass is 314 g/mol. The van der Waals surface area contributed by atoms with Crippen LogP contribution in [0.3, 0.4) is 0 Å². The van der Waals surface area contributed by atoms with Crippen molar-refractivity contribution in [2.75, 3.05) is 13.2 Å². The van der Waals surface area contributed by atoms with Gasteiger partial charge in [-0.2, -0.15) is 13.2 Å². The van der Waals surface area contributed by atoms with Gasteiger partial charge in [-0.25, -0.2) is 4.39 Å². The highest BCUT2D eigenvalue weighted by molar-refractivity contribution is 7.53. The van der Waals surface area contributed by atoms with Crippen LogP contribution in [0.15, 0.2) is 18.2 Å². The molecule has 0 spiro atoms. The maximum atomic E-state index is 13.6. The van der Waals surface area contributed by atoms with Gasteiger partial charge in [-0.3, -0.25) is 4.57 Å². The summed E-state index contributed by atoms with van der Waals surface area (Å²) in [5.41, 5.74) is -1.35. The zero-order chi connectivity index (χ0) is 15.4. The number of benzene rings is 1. The molecule has 0 bridgehead atoms. The first-order valence-electron chi connectivity index (χ1n) is 5.95. The Bertz CT molecular complexity index is 492. The molecule has 0 aliphatic carbocycles. The third-order valence-electron chi connectivity index (χ3n) is 2.39. The molecule has 3 nitrogen and oxygen atoms in total. The first-order chi connectivity index (χ1) is 9.22. The highest BCUT2D eigenvalue weighted by atomic mass is 31.2. The summed E-state index contributed by atoms with van der Waals surface area (Å²) in [4.78, 5) is 0. The van der Waals surface area contributed by atoms with Gasteiger partial charge in [0.05, 0.1) is 24.9 Å². The quantitative estimate of drug-likeness (QED) is 0.568. The van der Waals surface area contributed by atoms with Crippen molar-refractivity contribution in [3.63, 3.8) is 0 Å². The van der Waals surface area contributed by atoms with Gasteiger partial charge >= 0.3 is 13.8 Å². The highest BCUT2D eigenvalue weighted by Gasteiger charge is 2.33. The molecule has 20 heavy (non-hydrogen) atoms. The van der Waals surface area contributed by atoms with E-state index >= 15 is 0 Å². The van der Waals surface area contributed by atoms with E-state index in [0.717, 1.165) is 0 Å². The maximum absolute atomic E-state index is 13.6. The average Bonchev–Trinajstić information content (AvgIpc) is 2.31. The predicted octanol–water partition coefficient (Wildman–Crippen LogP) is 4.61. The van der Waals surface area contributed by atoms with Crippen LogP contribution in [0.2, 0.25) is 0 Å². The zero-order valence-electron chi connectivity index (χ0n) is 11.0. The molecule has 1 aromatic rings. The van der Waals surface area contributed by atoms with Gasteiger partial charge in [-0.05, 0) is 32.0 Å². The first kappa shape index (κ1) is 17.1. The van der Waals surface area contributed by atoms with Crippen LogP contribution in [-0.4, -0.2) is 13.2 Å². The van der Waals surface area contributed by atoms with E-state index in [1.807, 2.05) is 0 Å². The van der Waals surface area contributed by atoms with Gasteiger partial charge in [0, 0.05) is 5.56 Å². The molecule has 0 atom stereocenters. The third-order valence-corrected chi connectivity index (χ3v) is 4.42. The molecular weight excluding hydrogens is 299 g/mol. The van der Waals surface area contributed by atoms with Crippen molar-refractivity contribution in [1.82, 2.24) is 0 Å². The Morgan fingerprint density at radius 1 is 1.15 bits per heavy atom. The number of halogens is 4. The van der Waals surface area contributed by atoms with Crippen LogP contribution in [0.4, 0.5) is 17.6 Å². The second-order valence-corrected chi connectivity index (χ2v) is 5.96. The van der Waals surface area contributed by atoms with Crippen molar-refractivity contribution in [3.8, 4) is 0 Å². The lowest BCUT2D eigenvalue weighted by Gasteiger charge is -2.18. The number of hydrogen-bond donors (Lipinski definition) is 0. The lowest BCUT2D eigenvalue weighted by Crippen LogP contribution is -2.07. The first-order valence-corrected chi connectivity index (χ1v) is 7.68. The molecule has 0 N–H and O–H groups in total. The summed E-state index contributed by atoms with van der Waals surface area (Å²) in [7, 11) is -3.65. The Labute approximate surface area is 114 Å².